The van der Waals surface area contributed by atoms with Crippen LogP contribution in [0.1, 0.15) is 84.0 Å². The molecule has 0 heterocycles. The molecule has 0 amide bonds. The van der Waals surface area contributed by atoms with Gasteiger partial charge in [0.25, 0.3) is 0 Å². The molecule has 0 aromatic rings. The minimum atomic E-state index is -0.0180. The highest BCUT2D eigenvalue weighted by Crippen LogP contribution is 2.39. The zero-order valence-corrected chi connectivity index (χ0v) is 12.3. The Kier molecular flexibility index (Phi) is 7.92. The van der Waals surface area contributed by atoms with Crippen molar-refractivity contribution in [2.75, 3.05) is 6.61 Å². The summed E-state index contributed by atoms with van der Waals surface area (Å²) in [4.78, 5) is 0. The summed E-state index contributed by atoms with van der Waals surface area (Å²) in [5.41, 5.74) is 6.28. The van der Waals surface area contributed by atoms with E-state index in [-0.39, 0.29) is 12.1 Å². The van der Waals surface area contributed by atoms with Crippen molar-refractivity contribution in [1.82, 2.24) is 0 Å². The second-order valence-corrected chi connectivity index (χ2v) is 6.23. The lowest BCUT2D eigenvalue weighted by Crippen LogP contribution is -2.56. The Labute approximate surface area is 113 Å². The van der Waals surface area contributed by atoms with Gasteiger partial charge < -0.3 is 10.8 Å². The van der Waals surface area contributed by atoms with Crippen LogP contribution in [0.4, 0.5) is 0 Å². The minimum absolute atomic E-state index is 0.0180. The van der Waals surface area contributed by atoms with E-state index in [9.17, 15) is 5.11 Å². The van der Waals surface area contributed by atoms with E-state index in [1.165, 1.54) is 57.8 Å². The van der Waals surface area contributed by atoms with Crippen molar-refractivity contribution in [1.29, 1.82) is 0 Å². The second kappa shape index (κ2) is 8.92. The van der Waals surface area contributed by atoms with Crippen LogP contribution < -0.4 is 5.73 Å². The molecule has 1 rings (SSSR count). The molecule has 0 saturated heterocycles. The van der Waals surface area contributed by atoms with E-state index < -0.39 is 0 Å². The van der Waals surface area contributed by atoms with Gasteiger partial charge in [0.05, 0.1) is 0 Å². The average molecular weight is 255 g/mol. The predicted octanol–water partition coefficient (Wildman–Crippen LogP) is 4.01. The molecule has 0 radical (unpaired) electrons. The van der Waals surface area contributed by atoms with Crippen LogP contribution in [0, 0.1) is 5.92 Å². The number of hydrogen-bond acceptors (Lipinski definition) is 2. The molecular weight excluding hydrogens is 222 g/mol. The van der Waals surface area contributed by atoms with E-state index in [1.807, 2.05) is 0 Å². The molecule has 108 valence electrons. The Morgan fingerprint density at radius 3 is 2.00 bits per heavy atom. The van der Waals surface area contributed by atoms with E-state index in [0.717, 1.165) is 19.3 Å². The van der Waals surface area contributed by atoms with Gasteiger partial charge in [-0.15, -0.1) is 0 Å². The van der Waals surface area contributed by atoms with Gasteiger partial charge in [0, 0.05) is 18.1 Å². The number of rotatable bonds is 11. The molecule has 0 aliphatic heterocycles. The van der Waals surface area contributed by atoms with Crippen molar-refractivity contribution in [3.63, 3.8) is 0 Å². The highest BCUT2D eigenvalue weighted by atomic mass is 16.3. The summed E-state index contributed by atoms with van der Waals surface area (Å²) in [6.07, 6.45) is 15.7. The molecule has 0 aromatic carbocycles. The first kappa shape index (κ1) is 16.0. The number of unbranched alkanes of at least 4 members (excludes halogenated alkanes) is 8. The van der Waals surface area contributed by atoms with E-state index in [2.05, 4.69) is 6.92 Å². The van der Waals surface area contributed by atoms with Crippen molar-refractivity contribution in [3.05, 3.63) is 0 Å². The number of hydrogen-bond donors (Lipinski definition) is 2. The van der Waals surface area contributed by atoms with Crippen molar-refractivity contribution >= 4 is 0 Å². The first-order valence-corrected chi connectivity index (χ1v) is 8.12. The van der Waals surface area contributed by atoms with Crippen LogP contribution in [-0.4, -0.2) is 17.3 Å². The van der Waals surface area contributed by atoms with Crippen LogP contribution in [0.25, 0.3) is 0 Å². The van der Waals surface area contributed by atoms with Gasteiger partial charge in [-0.2, -0.15) is 0 Å². The summed E-state index contributed by atoms with van der Waals surface area (Å²) < 4.78 is 0. The standard InChI is InChI=1S/C16H33NO/c1-2-3-4-5-6-7-8-9-10-12-16(17)13-11-15(16)14-18/h15,18H,2-14,17H2,1H3/t15-,16-/m1/s1. The van der Waals surface area contributed by atoms with Crippen molar-refractivity contribution in [2.45, 2.75) is 89.5 Å². The van der Waals surface area contributed by atoms with Crippen molar-refractivity contribution in [2.24, 2.45) is 11.7 Å². The zero-order valence-electron chi connectivity index (χ0n) is 12.3. The summed E-state index contributed by atoms with van der Waals surface area (Å²) >= 11 is 0. The molecule has 1 saturated carbocycles. The number of aliphatic hydroxyl groups excluding tert-OH is 1. The largest absolute Gasteiger partial charge is 0.396 e. The number of nitrogens with two attached hydrogens (primary N) is 1. The van der Waals surface area contributed by atoms with Crippen LogP contribution >= 0.6 is 0 Å². The first-order chi connectivity index (χ1) is 8.73. The highest BCUT2D eigenvalue weighted by molar-refractivity contribution is 4.99. The van der Waals surface area contributed by atoms with Gasteiger partial charge in [0.15, 0.2) is 0 Å². The Bertz CT molecular complexity index is 205. The summed E-state index contributed by atoms with van der Waals surface area (Å²) in [5.74, 6) is 0.381. The lowest BCUT2D eigenvalue weighted by atomic mass is 9.65. The van der Waals surface area contributed by atoms with Crippen LogP contribution in [-0.2, 0) is 0 Å². The van der Waals surface area contributed by atoms with Crippen LogP contribution in [0.3, 0.4) is 0 Å². The third-order valence-corrected chi connectivity index (χ3v) is 4.74. The Balaban J connectivity index is 1.87. The molecule has 2 nitrogen and oxygen atoms in total. The maximum absolute atomic E-state index is 9.19. The second-order valence-electron chi connectivity index (χ2n) is 6.23. The maximum atomic E-state index is 9.19. The summed E-state index contributed by atoms with van der Waals surface area (Å²) in [7, 11) is 0. The molecular formula is C16H33NO. The van der Waals surface area contributed by atoms with Gasteiger partial charge in [-0.1, -0.05) is 64.7 Å². The molecule has 18 heavy (non-hydrogen) atoms. The molecule has 1 aliphatic rings. The molecule has 0 aromatic heterocycles. The van der Waals surface area contributed by atoms with Crippen molar-refractivity contribution < 1.29 is 5.11 Å². The van der Waals surface area contributed by atoms with Crippen LogP contribution in [0.5, 0.6) is 0 Å². The van der Waals surface area contributed by atoms with E-state index in [4.69, 9.17) is 5.73 Å². The van der Waals surface area contributed by atoms with Gasteiger partial charge in [-0.25, -0.2) is 0 Å². The van der Waals surface area contributed by atoms with Gasteiger partial charge in [0.2, 0.25) is 0 Å². The van der Waals surface area contributed by atoms with Crippen LogP contribution in [0.2, 0.25) is 0 Å². The lowest BCUT2D eigenvalue weighted by molar-refractivity contribution is 0.0534. The predicted molar refractivity (Wildman–Crippen MR) is 78.6 cm³/mol. The van der Waals surface area contributed by atoms with Gasteiger partial charge >= 0.3 is 0 Å². The third-order valence-electron chi connectivity index (χ3n) is 4.74. The molecule has 2 atom stereocenters. The fourth-order valence-electron chi connectivity index (χ4n) is 3.09. The molecule has 0 spiro atoms. The number of aliphatic hydroxyl groups is 1. The molecule has 1 fully saturated rings. The summed E-state index contributed by atoms with van der Waals surface area (Å²) in [5, 5.41) is 9.19. The van der Waals surface area contributed by atoms with Crippen molar-refractivity contribution in [3.8, 4) is 0 Å². The third kappa shape index (κ3) is 5.27. The van der Waals surface area contributed by atoms with E-state index in [0.29, 0.717) is 5.92 Å². The molecule has 2 heteroatoms. The molecule has 0 bridgehead atoms. The fraction of sp³-hybridized carbons (Fsp3) is 1.00. The molecule has 0 unspecified atom stereocenters. The van der Waals surface area contributed by atoms with Gasteiger partial charge in [-0.3, -0.25) is 0 Å². The minimum Gasteiger partial charge on any atom is -0.396 e. The smallest absolute Gasteiger partial charge is 0.0476 e. The van der Waals surface area contributed by atoms with Gasteiger partial charge in [0.1, 0.15) is 0 Å². The Hall–Kier alpha value is -0.0800. The molecule has 3 N–H and O–H groups in total. The average Bonchev–Trinajstić information content (AvgIpc) is 2.36. The quantitative estimate of drug-likeness (QED) is 0.548. The van der Waals surface area contributed by atoms with E-state index in [1.54, 1.807) is 0 Å². The fourth-order valence-corrected chi connectivity index (χ4v) is 3.09. The normalized spacial score (nSPS) is 27.2. The Morgan fingerprint density at radius 1 is 1.00 bits per heavy atom. The van der Waals surface area contributed by atoms with Crippen LogP contribution in [0.15, 0.2) is 0 Å². The summed E-state index contributed by atoms with van der Waals surface area (Å²) in [6, 6.07) is 0. The first-order valence-electron chi connectivity index (χ1n) is 8.12. The molecule has 1 aliphatic carbocycles. The topological polar surface area (TPSA) is 46.2 Å². The lowest BCUT2D eigenvalue weighted by Gasteiger charge is -2.46. The maximum Gasteiger partial charge on any atom is 0.0476 e. The zero-order chi connectivity index (χ0) is 13.3. The van der Waals surface area contributed by atoms with Gasteiger partial charge in [-0.05, 0) is 19.3 Å². The summed E-state index contributed by atoms with van der Waals surface area (Å²) in [6.45, 7) is 2.55. The van der Waals surface area contributed by atoms with E-state index >= 15 is 0 Å². The highest BCUT2D eigenvalue weighted by Gasteiger charge is 2.41. The SMILES string of the molecule is CCCCCCCCCCC[C@@]1(N)CC[C@@H]1CO. The Morgan fingerprint density at radius 2 is 1.56 bits per heavy atom. The monoisotopic (exact) mass is 255 g/mol.